The molecule has 1 rings (SSSR count). The van der Waals surface area contributed by atoms with Gasteiger partial charge in [-0.05, 0) is 32.0 Å². The number of amides is 3. The van der Waals surface area contributed by atoms with Crippen molar-refractivity contribution < 1.29 is 14.4 Å². The summed E-state index contributed by atoms with van der Waals surface area (Å²) in [5.41, 5.74) is 1.13. The van der Waals surface area contributed by atoms with Gasteiger partial charge in [0.1, 0.15) is 6.42 Å². The summed E-state index contributed by atoms with van der Waals surface area (Å²) in [6.45, 7) is 6.32. The first-order valence-corrected chi connectivity index (χ1v) is 6.91. The van der Waals surface area contributed by atoms with Gasteiger partial charge in [0.05, 0.1) is 0 Å². The number of hydrogen-bond acceptors (Lipinski definition) is 3. The van der Waals surface area contributed by atoms with Gasteiger partial charge >= 0.3 is 0 Å². The van der Waals surface area contributed by atoms with Crippen molar-refractivity contribution in [2.75, 3.05) is 23.7 Å². The molecular weight excluding hydrogens is 270 g/mol. The lowest BCUT2D eigenvalue weighted by Crippen LogP contribution is -2.33. The Labute approximate surface area is 124 Å². The van der Waals surface area contributed by atoms with Crippen molar-refractivity contribution >= 4 is 29.1 Å². The fourth-order valence-corrected chi connectivity index (χ4v) is 1.91. The molecule has 0 bridgehead atoms. The molecule has 114 valence electrons. The number of anilines is 2. The summed E-state index contributed by atoms with van der Waals surface area (Å²) in [6.07, 6.45) is -0.188. The third-order valence-corrected chi connectivity index (χ3v) is 2.89. The van der Waals surface area contributed by atoms with Gasteiger partial charge in [-0.1, -0.05) is 6.07 Å². The standard InChI is InChI=1S/C15H21N3O3/c1-4-18(5-2)15(21)10-14(20)17-13-8-6-7-12(9-13)16-11(3)19/h6-9H,4-5,10H2,1-3H3,(H,16,19)(H,17,20). The van der Waals surface area contributed by atoms with E-state index in [1.165, 1.54) is 6.92 Å². The number of nitrogens with one attached hydrogen (secondary N) is 2. The van der Waals surface area contributed by atoms with Crippen LogP contribution in [0.1, 0.15) is 27.2 Å². The van der Waals surface area contributed by atoms with Gasteiger partial charge in [0, 0.05) is 31.4 Å². The first-order chi connectivity index (χ1) is 9.96. The molecule has 1 aromatic carbocycles. The van der Waals surface area contributed by atoms with Crippen LogP contribution >= 0.6 is 0 Å². The van der Waals surface area contributed by atoms with Crippen molar-refractivity contribution in [3.05, 3.63) is 24.3 Å². The zero-order valence-electron chi connectivity index (χ0n) is 12.6. The van der Waals surface area contributed by atoms with Crippen LogP contribution in [0.15, 0.2) is 24.3 Å². The van der Waals surface area contributed by atoms with Gasteiger partial charge in [-0.15, -0.1) is 0 Å². The van der Waals surface area contributed by atoms with E-state index in [-0.39, 0.29) is 24.1 Å². The minimum Gasteiger partial charge on any atom is -0.343 e. The van der Waals surface area contributed by atoms with Crippen LogP contribution in [0.4, 0.5) is 11.4 Å². The van der Waals surface area contributed by atoms with Gasteiger partial charge in [-0.2, -0.15) is 0 Å². The van der Waals surface area contributed by atoms with E-state index < -0.39 is 0 Å². The Balaban J connectivity index is 2.62. The van der Waals surface area contributed by atoms with Crippen molar-refractivity contribution in [1.29, 1.82) is 0 Å². The third kappa shape index (κ3) is 5.64. The average molecular weight is 291 g/mol. The molecule has 0 atom stereocenters. The largest absolute Gasteiger partial charge is 0.343 e. The molecule has 21 heavy (non-hydrogen) atoms. The van der Waals surface area contributed by atoms with Gasteiger partial charge in [0.25, 0.3) is 0 Å². The van der Waals surface area contributed by atoms with Crippen LogP contribution in [-0.4, -0.2) is 35.7 Å². The molecule has 0 saturated carbocycles. The monoisotopic (exact) mass is 291 g/mol. The quantitative estimate of drug-likeness (QED) is 0.785. The van der Waals surface area contributed by atoms with Gasteiger partial charge < -0.3 is 15.5 Å². The SMILES string of the molecule is CCN(CC)C(=O)CC(=O)Nc1cccc(NC(C)=O)c1. The van der Waals surface area contributed by atoms with Crippen LogP contribution < -0.4 is 10.6 Å². The summed E-state index contributed by atoms with van der Waals surface area (Å²) in [6, 6.07) is 6.78. The maximum absolute atomic E-state index is 11.8. The highest BCUT2D eigenvalue weighted by Gasteiger charge is 2.14. The lowest BCUT2D eigenvalue weighted by Gasteiger charge is -2.18. The van der Waals surface area contributed by atoms with E-state index in [1.54, 1.807) is 29.2 Å². The third-order valence-electron chi connectivity index (χ3n) is 2.89. The molecule has 0 radical (unpaired) electrons. The van der Waals surface area contributed by atoms with E-state index in [4.69, 9.17) is 0 Å². The summed E-state index contributed by atoms with van der Waals surface area (Å²) in [4.78, 5) is 36.3. The maximum atomic E-state index is 11.8. The Morgan fingerprint density at radius 2 is 1.62 bits per heavy atom. The normalized spacial score (nSPS) is 9.86. The highest BCUT2D eigenvalue weighted by atomic mass is 16.2. The van der Waals surface area contributed by atoms with Crippen molar-refractivity contribution in [3.63, 3.8) is 0 Å². The van der Waals surface area contributed by atoms with Crippen molar-refractivity contribution in [2.45, 2.75) is 27.2 Å². The molecule has 0 saturated heterocycles. The molecule has 0 fully saturated rings. The van der Waals surface area contributed by atoms with E-state index >= 15 is 0 Å². The lowest BCUT2D eigenvalue weighted by molar-refractivity contribution is -0.134. The molecule has 0 unspecified atom stereocenters. The number of rotatable bonds is 6. The number of benzene rings is 1. The van der Waals surface area contributed by atoms with Crippen LogP contribution in [0.3, 0.4) is 0 Å². The molecule has 0 aliphatic carbocycles. The second-order valence-corrected chi connectivity index (χ2v) is 4.55. The smallest absolute Gasteiger partial charge is 0.233 e. The molecule has 6 heteroatoms. The molecular formula is C15H21N3O3. The number of hydrogen-bond donors (Lipinski definition) is 2. The van der Waals surface area contributed by atoms with E-state index in [1.807, 2.05) is 13.8 Å². The molecule has 6 nitrogen and oxygen atoms in total. The fourth-order valence-electron chi connectivity index (χ4n) is 1.91. The predicted octanol–water partition coefficient (Wildman–Crippen LogP) is 1.84. The number of nitrogens with zero attached hydrogens (tertiary/aromatic N) is 1. The van der Waals surface area contributed by atoms with Crippen molar-refractivity contribution in [3.8, 4) is 0 Å². The first-order valence-electron chi connectivity index (χ1n) is 6.91. The topological polar surface area (TPSA) is 78.5 Å². The van der Waals surface area contributed by atoms with E-state index in [2.05, 4.69) is 10.6 Å². The summed E-state index contributed by atoms with van der Waals surface area (Å²) >= 11 is 0. The maximum Gasteiger partial charge on any atom is 0.233 e. The Bertz CT molecular complexity index is 525. The molecule has 2 N–H and O–H groups in total. The summed E-state index contributed by atoms with van der Waals surface area (Å²) in [5.74, 6) is -0.752. The van der Waals surface area contributed by atoms with Crippen LogP contribution in [0.25, 0.3) is 0 Å². The van der Waals surface area contributed by atoms with E-state index in [0.717, 1.165) is 0 Å². The number of carbonyl (C=O) groups is 3. The summed E-state index contributed by atoms with van der Waals surface area (Å²) in [5, 5.41) is 5.28. The van der Waals surface area contributed by atoms with Gasteiger partial charge in [-0.3, -0.25) is 14.4 Å². The minimum absolute atomic E-state index is 0.185. The molecule has 3 amide bonds. The van der Waals surface area contributed by atoms with Crippen molar-refractivity contribution in [2.24, 2.45) is 0 Å². The van der Waals surface area contributed by atoms with Gasteiger partial charge in [-0.25, -0.2) is 0 Å². The highest BCUT2D eigenvalue weighted by Crippen LogP contribution is 2.15. The van der Waals surface area contributed by atoms with Crippen LogP contribution in [0, 0.1) is 0 Å². The summed E-state index contributed by atoms with van der Waals surface area (Å²) in [7, 11) is 0. The predicted molar refractivity (Wildman–Crippen MR) is 81.9 cm³/mol. The Hall–Kier alpha value is -2.37. The van der Waals surface area contributed by atoms with E-state index in [9.17, 15) is 14.4 Å². The van der Waals surface area contributed by atoms with Crippen LogP contribution in [0.5, 0.6) is 0 Å². The second kappa shape index (κ2) is 8.04. The lowest BCUT2D eigenvalue weighted by atomic mass is 10.2. The minimum atomic E-state index is -0.369. The van der Waals surface area contributed by atoms with Crippen LogP contribution in [0.2, 0.25) is 0 Å². The van der Waals surface area contributed by atoms with Gasteiger partial charge in [0.2, 0.25) is 17.7 Å². The summed E-state index contributed by atoms with van der Waals surface area (Å²) < 4.78 is 0. The van der Waals surface area contributed by atoms with Crippen LogP contribution in [-0.2, 0) is 14.4 Å². The number of carbonyl (C=O) groups excluding carboxylic acids is 3. The van der Waals surface area contributed by atoms with E-state index in [0.29, 0.717) is 24.5 Å². The molecule has 0 aromatic heterocycles. The molecule has 0 aliphatic heterocycles. The zero-order chi connectivity index (χ0) is 15.8. The molecule has 0 aliphatic rings. The van der Waals surface area contributed by atoms with Gasteiger partial charge in [0.15, 0.2) is 0 Å². The second-order valence-electron chi connectivity index (χ2n) is 4.55. The van der Waals surface area contributed by atoms with Crippen molar-refractivity contribution in [1.82, 2.24) is 4.90 Å². The molecule has 0 spiro atoms. The molecule has 0 heterocycles. The first kappa shape index (κ1) is 16.7. The average Bonchev–Trinajstić information content (AvgIpc) is 2.39. The Kier molecular flexibility index (Phi) is 6.39. The highest BCUT2D eigenvalue weighted by molar-refractivity contribution is 6.03. The fraction of sp³-hybridized carbons (Fsp3) is 0.400. The Morgan fingerprint density at radius 1 is 1.05 bits per heavy atom. The molecule has 1 aromatic rings. The Morgan fingerprint density at radius 3 is 2.14 bits per heavy atom. The zero-order valence-corrected chi connectivity index (χ0v) is 12.6.